The monoisotopic (exact) mass is 214 g/mol. The van der Waals surface area contributed by atoms with Crippen LogP contribution >= 0.6 is 11.8 Å². The average Bonchev–Trinajstić information content (AvgIpc) is 2.15. The first-order chi connectivity index (χ1) is 6.59. The summed E-state index contributed by atoms with van der Waals surface area (Å²) in [4.78, 5) is 23.6. The van der Waals surface area contributed by atoms with Gasteiger partial charge in [-0.25, -0.2) is 4.98 Å². The van der Waals surface area contributed by atoms with Gasteiger partial charge in [0.2, 0.25) is 0 Å². The van der Waals surface area contributed by atoms with Gasteiger partial charge in [0.25, 0.3) is 5.69 Å². The third-order valence-electron chi connectivity index (χ3n) is 1.28. The number of nitro groups is 1. The Morgan fingerprint density at radius 3 is 2.79 bits per heavy atom. The molecular formula is C7H6N2O4S. The third-order valence-corrected chi connectivity index (χ3v) is 2.20. The van der Waals surface area contributed by atoms with Crippen molar-refractivity contribution in [3.8, 4) is 0 Å². The highest BCUT2D eigenvalue weighted by Crippen LogP contribution is 2.17. The SMILES string of the molecule is O=C(O)CSc1ccc([N+](=O)[O-])cn1. The minimum Gasteiger partial charge on any atom is -0.481 e. The average molecular weight is 214 g/mol. The highest BCUT2D eigenvalue weighted by Gasteiger charge is 2.06. The van der Waals surface area contributed by atoms with E-state index in [1.807, 2.05) is 0 Å². The maximum Gasteiger partial charge on any atom is 0.313 e. The third kappa shape index (κ3) is 3.02. The van der Waals surface area contributed by atoms with Gasteiger partial charge in [0.1, 0.15) is 6.20 Å². The number of aliphatic carboxylic acids is 1. The topological polar surface area (TPSA) is 93.3 Å². The van der Waals surface area contributed by atoms with Crippen molar-refractivity contribution >= 4 is 23.4 Å². The zero-order valence-corrected chi connectivity index (χ0v) is 7.73. The molecule has 0 spiro atoms. The number of pyridine rings is 1. The highest BCUT2D eigenvalue weighted by atomic mass is 32.2. The molecule has 14 heavy (non-hydrogen) atoms. The van der Waals surface area contributed by atoms with Gasteiger partial charge < -0.3 is 5.11 Å². The second-order valence-electron chi connectivity index (χ2n) is 2.29. The Hall–Kier alpha value is -1.63. The molecule has 1 aromatic rings. The molecule has 6 nitrogen and oxygen atoms in total. The van der Waals surface area contributed by atoms with E-state index in [0.717, 1.165) is 18.0 Å². The van der Waals surface area contributed by atoms with Gasteiger partial charge in [-0.1, -0.05) is 11.8 Å². The van der Waals surface area contributed by atoms with Crippen LogP contribution in [-0.2, 0) is 4.79 Å². The van der Waals surface area contributed by atoms with Crippen LogP contribution in [0, 0.1) is 10.1 Å². The zero-order valence-electron chi connectivity index (χ0n) is 6.91. The van der Waals surface area contributed by atoms with Crippen molar-refractivity contribution < 1.29 is 14.8 Å². The molecule has 1 N–H and O–H groups in total. The number of rotatable bonds is 4. The van der Waals surface area contributed by atoms with Gasteiger partial charge in [-0.3, -0.25) is 14.9 Å². The molecule has 0 radical (unpaired) electrons. The molecule has 0 aliphatic heterocycles. The Kier molecular flexibility index (Phi) is 3.41. The summed E-state index contributed by atoms with van der Waals surface area (Å²) < 4.78 is 0. The van der Waals surface area contributed by atoms with Crippen LogP contribution in [-0.4, -0.2) is 26.7 Å². The van der Waals surface area contributed by atoms with Crippen LogP contribution in [0.5, 0.6) is 0 Å². The first-order valence-corrected chi connectivity index (χ1v) is 4.53. The Bertz CT molecular complexity index is 351. The molecule has 0 aromatic carbocycles. The van der Waals surface area contributed by atoms with E-state index in [0.29, 0.717) is 5.03 Å². The molecular weight excluding hydrogens is 208 g/mol. The van der Waals surface area contributed by atoms with E-state index in [2.05, 4.69) is 4.98 Å². The maximum absolute atomic E-state index is 10.2. The molecule has 0 amide bonds. The van der Waals surface area contributed by atoms with Crippen molar-refractivity contribution in [2.24, 2.45) is 0 Å². The molecule has 0 aliphatic carbocycles. The Morgan fingerprint density at radius 1 is 1.64 bits per heavy atom. The van der Waals surface area contributed by atoms with E-state index in [9.17, 15) is 14.9 Å². The minimum atomic E-state index is -0.949. The van der Waals surface area contributed by atoms with E-state index >= 15 is 0 Å². The molecule has 1 aromatic heterocycles. The van der Waals surface area contributed by atoms with E-state index in [-0.39, 0.29) is 11.4 Å². The fourth-order valence-electron chi connectivity index (χ4n) is 0.702. The van der Waals surface area contributed by atoms with Crippen molar-refractivity contribution in [1.29, 1.82) is 0 Å². The largest absolute Gasteiger partial charge is 0.481 e. The standard InChI is InChI=1S/C7H6N2O4S/c10-7(11)4-14-6-2-1-5(3-8-6)9(12)13/h1-3H,4H2,(H,10,11). The number of aromatic nitrogens is 1. The lowest BCUT2D eigenvalue weighted by atomic mass is 10.4. The predicted molar refractivity (Wildman–Crippen MR) is 49.3 cm³/mol. The molecule has 0 saturated heterocycles. The Morgan fingerprint density at radius 2 is 2.36 bits per heavy atom. The number of hydrogen-bond donors (Lipinski definition) is 1. The summed E-state index contributed by atoms with van der Waals surface area (Å²) in [7, 11) is 0. The number of thioether (sulfide) groups is 1. The van der Waals surface area contributed by atoms with Gasteiger partial charge in [0.05, 0.1) is 15.7 Å². The normalized spacial score (nSPS) is 9.71. The molecule has 0 atom stereocenters. The van der Waals surface area contributed by atoms with Gasteiger partial charge in [-0.15, -0.1) is 0 Å². The van der Waals surface area contributed by atoms with Crippen molar-refractivity contribution in [1.82, 2.24) is 4.98 Å². The Balaban J connectivity index is 2.64. The summed E-state index contributed by atoms with van der Waals surface area (Å²) in [5.74, 6) is -1.06. The molecule has 0 unspecified atom stereocenters. The van der Waals surface area contributed by atoms with E-state index in [1.54, 1.807) is 0 Å². The molecule has 7 heteroatoms. The molecule has 1 heterocycles. The lowest BCUT2D eigenvalue weighted by Crippen LogP contribution is -1.98. The highest BCUT2D eigenvalue weighted by molar-refractivity contribution is 7.99. The fraction of sp³-hybridized carbons (Fsp3) is 0.143. The lowest BCUT2D eigenvalue weighted by molar-refractivity contribution is -0.385. The van der Waals surface area contributed by atoms with Crippen molar-refractivity contribution in [3.63, 3.8) is 0 Å². The molecule has 0 saturated carbocycles. The Labute approximate surface area is 83.1 Å². The van der Waals surface area contributed by atoms with Crippen molar-refractivity contribution in [2.45, 2.75) is 5.03 Å². The van der Waals surface area contributed by atoms with Crippen molar-refractivity contribution in [3.05, 3.63) is 28.4 Å². The number of hydrogen-bond acceptors (Lipinski definition) is 5. The van der Waals surface area contributed by atoms with E-state index in [4.69, 9.17) is 5.11 Å². The maximum atomic E-state index is 10.2. The van der Waals surface area contributed by atoms with Gasteiger partial charge >= 0.3 is 5.97 Å². The summed E-state index contributed by atoms with van der Waals surface area (Å²) >= 11 is 1.02. The van der Waals surface area contributed by atoms with Crippen LogP contribution in [0.2, 0.25) is 0 Å². The molecule has 0 aliphatic rings. The number of carboxylic acids is 1. The molecule has 1 rings (SSSR count). The summed E-state index contributed by atoms with van der Waals surface area (Å²) in [6.45, 7) is 0. The lowest BCUT2D eigenvalue weighted by Gasteiger charge is -1.96. The van der Waals surface area contributed by atoms with Crippen LogP contribution in [0.15, 0.2) is 23.4 Å². The van der Waals surface area contributed by atoms with Crippen molar-refractivity contribution in [2.75, 3.05) is 5.75 Å². The fourth-order valence-corrected chi connectivity index (χ4v) is 1.26. The quantitative estimate of drug-likeness (QED) is 0.459. The first kappa shape index (κ1) is 10.5. The van der Waals surface area contributed by atoms with Crippen LogP contribution in [0.4, 0.5) is 5.69 Å². The van der Waals surface area contributed by atoms with Crippen LogP contribution in [0.1, 0.15) is 0 Å². The van der Waals surface area contributed by atoms with Crippen LogP contribution < -0.4 is 0 Å². The predicted octanol–water partition coefficient (Wildman–Crippen LogP) is 1.17. The summed E-state index contributed by atoms with van der Waals surface area (Å²) in [5, 5.41) is 19.1. The number of carboxylic acid groups (broad SMARTS) is 1. The van der Waals surface area contributed by atoms with E-state index in [1.165, 1.54) is 12.1 Å². The van der Waals surface area contributed by atoms with Crippen LogP contribution in [0.3, 0.4) is 0 Å². The first-order valence-electron chi connectivity index (χ1n) is 3.54. The number of nitrogens with zero attached hydrogens (tertiary/aromatic N) is 2. The second kappa shape index (κ2) is 4.56. The molecule has 0 bridgehead atoms. The number of carbonyl (C=O) groups is 1. The van der Waals surface area contributed by atoms with Crippen LogP contribution in [0.25, 0.3) is 0 Å². The summed E-state index contributed by atoms with van der Waals surface area (Å²) in [6.07, 6.45) is 1.10. The summed E-state index contributed by atoms with van der Waals surface area (Å²) in [5.41, 5.74) is -0.107. The van der Waals surface area contributed by atoms with E-state index < -0.39 is 10.9 Å². The van der Waals surface area contributed by atoms with Gasteiger partial charge in [0.15, 0.2) is 0 Å². The van der Waals surface area contributed by atoms with Gasteiger partial charge in [0, 0.05) is 6.07 Å². The molecule has 74 valence electrons. The van der Waals surface area contributed by atoms with Gasteiger partial charge in [-0.2, -0.15) is 0 Å². The smallest absolute Gasteiger partial charge is 0.313 e. The zero-order chi connectivity index (χ0) is 10.6. The van der Waals surface area contributed by atoms with Gasteiger partial charge in [-0.05, 0) is 6.07 Å². The minimum absolute atomic E-state index is 0.106. The second-order valence-corrected chi connectivity index (χ2v) is 3.29. The summed E-state index contributed by atoms with van der Waals surface area (Å²) in [6, 6.07) is 2.71. The molecule has 0 fully saturated rings.